The van der Waals surface area contributed by atoms with E-state index < -0.39 is 0 Å². The number of hydrogen-bond acceptors (Lipinski definition) is 2. The molecule has 0 radical (unpaired) electrons. The predicted octanol–water partition coefficient (Wildman–Crippen LogP) is 1.84. The molecule has 0 nitrogen and oxygen atoms in total. The number of thiophene rings is 2. The quantitative estimate of drug-likeness (QED) is 0.728. The Balaban J connectivity index is 2.14. The molecule has 0 bridgehead atoms. The molecule has 0 saturated heterocycles. The molecule has 58 valence electrons. The summed E-state index contributed by atoms with van der Waals surface area (Å²) in [5.41, 5.74) is 0. The number of hydrogen-bond donors (Lipinski definition) is 0. The van der Waals surface area contributed by atoms with Gasteiger partial charge in [-0.2, -0.15) is 0 Å². The van der Waals surface area contributed by atoms with E-state index in [9.17, 15) is 0 Å². The van der Waals surface area contributed by atoms with Gasteiger partial charge >= 0.3 is 81.8 Å². The van der Waals surface area contributed by atoms with Crippen molar-refractivity contribution < 1.29 is 17.1 Å². The van der Waals surface area contributed by atoms with Crippen LogP contribution in [0.1, 0.15) is 0 Å². The monoisotopic (exact) mass is 268 g/mol. The van der Waals surface area contributed by atoms with E-state index in [-0.39, 0.29) is 0 Å². The Morgan fingerprint density at radius 3 is 1.82 bits per heavy atom. The van der Waals surface area contributed by atoms with Gasteiger partial charge in [0.1, 0.15) is 0 Å². The normalized spacial score (nSPS) is 10.5. The molecule has 3 heteroatoms. The summed E-state index contributed by atoms with van der Waals surface area (Å²) < 4.78 is 3.08. The van der Waals surface area contributed by atoms with Crippen molar-refractivity contribution in [3.8, 4) is 0 Å². The summed E-state index contributed by atoms with van der Waals surface area (Å²) in [5.74, 6) is 0. The first-order valence-corrected chi connectivity index (χ1v) is 6.64. The second-order valence-electron chi connectivity index (χ2n) is 1.90. The van der Waals surface area contributed by atoms with Gasteiger partial charge in [0, 0.05) is 0 Å². The van der Waals surface area contributed by atoms with Gasteiger partial charge in [0.25, 0.3) is 0 Å². The zero-order valence-corrected chi connectivity index (χ0v) is 9.01. The standard InChI is InChI=1S/2C4H3S.Ru/c2*1-2-4-5-3-1;/h2*1-3H;. The molecule has 0 aromatic carbocycles. The molecular formula is C8H6RuS2. The molecular weight excluding hydrogens is 261 g/mol. The van der Waals surface area contributed by atoms with E-state index in [2.05, 4.69) is 35.0 Å². The Bertz CT molecular complexity index is 264. The van der Waals surface area contributed by atoms with Crippen molar-refractivity contribution in [2.45, 2.75) is 0 Å². The van der Waals surface area contributed by atoms with E-state index in [0.29, 0.717) is 17.1 Å². The molecule has 0 N–H and O–H groups in total. The van der Waals surface area contributed by atoms with E-state index in [1.165, 1.54) is 0 Å². The van der Waals surface area contributed by atoms with Crippen LogP contribution in [0.4, 0.5) is 0 Å². The first-order valence-electron chi connectivity index (χ1n) is 3.14. The van der Waals surface area contributed by atoms with E-state index in [0.717, 1.165) is 0 Å². The van der Waals surface area contributed by atoms with E-state index in [1.54, 1.807) is 6.94 Å². The first-order chi connectivity index (χ1) is 5.45. The van der Waals surface area contributed by atoms with Gasteiger partial charge in [-0.25, -0.2) is 0 Å². The van der Waals surface area contributed by atoms with Crippen molar-refractivity contribution in [3.63, 3.8) is 0 Å². The summed E-state index contributed by atoms with van der Waals surface area (Å²) in [4.78, 5) is 0. The van der Waals surface area contributed by atoms with Crippen molar-refractivity contribution in [1.29, 1.82) is 0 Å². The summed E-state index contributed by atoms with van der Waals surface area (Å²) in [6, 6.07) is 8.70. The van der Waals surface area contributed by atoms with Crippen molar-refractivity contribution in [3.05, 3.63) is 35.0 Å². The van der Waals surface area contributed by atoms with Crippen LogP contribution in [0, 0.1) is 0 Å². The Morgan fingerprint density at radius 2 is 1.45 bits per heavy atom. The van der Waals surface area contributed by atoms with Gasteiger partial charge in [0.2, 0.25) is 0 Å². The number of rotatable bonds is 2. The maximum atomic E-state index is 2.22. The van der Waals surface area contributed by atoms with Gasteiger partial charge in [0.15, 0.2) is 0 Å². The third-order valence-corrected chi connectivity index (χ3v) is 5.95. The molecule has 0 aliphatic carbocycles. The predicted molar refractivity (Wildman–Crippen MR) is 47.9 cm³/mol. The second-order valence-corrected chi connectivity index (χ2v) is 7.24. The van der Waals surface area contributed by atoms with Gasteiger partial charge in [-0.15, -0.1) is 0 Å². The Labute approximate surface area is 81.5 Å². The Morgan fingerprint density at radius 1 is 0.909 bits per heavy atom. The van der Waals surface area contributed by atoms with Crippen LogP contribution in [0.2, 0.25) is 0 Å². The Kier molecular flexibility index (Phi) is 2.52. The van der Waals surface area contributed by atoms with Gasteiger partial charge in [-0.1, -0.05) is 0 Å². The average Bonchev–Trinajstić information content (AvgIpc) is 2.60. The fraction of sp³-hybridized carbons (Fsp3) is 0. The molecule has 0 aliphatic rings. The van der Waals surface area contributed by atoms with Crippen LogP contribution in [0.25, 0.3) is 0 Å². The molecule has 0 spiro atoms. The summed E-state index contributed by atoms with van der Waals surface area (Å²) in [7, 11) is 0. The maximum absolute atomic E-state index is 2.22. The SMILES string of the molecule is c1cs[c]([Ru][c]2cccs2)c1. The Hall–Kier alpha value is 0.0234. The topological polar surface area (TPSA) is 0 Å². The molecule has 0 amide bonds. The van der Waals surface area contributed by atoms with Gasteiger partial charge in [0.05, 0.1) is 0 Å². The fourth-order valence-electron chi connectivity index (χ4n) is 0.695. The third-order valence-electron chi connectivity index (χ3n) is 1.13. The molecule has 0 fully saturated rings. The van der Waals surface area contributed by atoms with Crippen LogP contribution in [0.15, 0.2) is 35.0 Å². The fourth-order valence-corrected chi connectivity index (χ4v) is 5.22. The van der Waals surface area contributed by atoms with Crippen LogP contribution >= 0.6 is 22.7 Å². The molecule has 0 aliphatic heterocycles. The minimum atomic E-state index is 0.316. The minimum absolute atomic E-state index is 0.316. The van der Waals surface area contributed by atoms with Crippen molar-refractivity contribution in [1.82, 2.24) is 0 Å². The summed E-state index contributed by atoms with van der Waals surface area (Å²) >= 11 is 4.05. The molecule has 2 rings (SSSR count). The van der Waals surface area contributed by atoms with E-state index >= 15 is 0 Å². The molecule has 2 heterocycles. The van der Waals surface area contributed by atoms with Crippen LogP contribution in [0.5, 0.6) is 0 Å². The summed E-state index contributed by atoms with van der Waals surface area (Å²) in [6.45, 7) is 0. The zero-order valence-electron chi connectivity index (χ0n) is 5.63. The van der Waals surface area contributed by atoms with E-state index in [1.807, 2.05) is 22.7 Å². The van der Waals surface area contributed by atoms with Crippen LogP contribution < -0.4 is 6.94 Å². The van der Waals surface area contributed by atoms with Crippen LogP contribution in [-0.2, 0) is 17.1 Å². The molecule has 11 heavy (non-hydrogen) atoms. The first kappa shape index (κ1) is 7.66. The van der Waals surface area contributed by atoms with Crippen molar-refractivity contribution in [2.75, 3.05) is 0 Å². The summed E-state index contributed by atoms with van der Waals surface area (Å²) in [6.07, 6.45) is 0. The van der Waals surface area contributed by atoms with E-state index in [4.69, 9.17) is 0 Å². The molecule has 2 aromatic rings. The van der Waals surface area contributed by atoms with Crippen LogP contribution in [-0.4, -0.2) is 0 Å². The molecule has 0 saturated carbocycles. The molecule has 2 aromatic heterocycles. The third kappa shape index (κ3) is 1.99. The van der Waals surface area contributed by atoms with Gasteiger partial charge in [-0.05, 0) is 0 Å². The van der Waals surface area contributed by atoms with Gasteiger partial charge in [-0.3, -0.25) is 0 Å². The van der Waals surface area contributed by atoms with Crippen molar-refractivity contribution >= 4 is 29.6 Å². The summed E-state index contributed by atoms with van der Waals surface area (Å²) in [5, 5.41) is 4.30. The zero-order chi connectivity index (χ0) is 7.52. The molecule has 0 atom stereocenters. The van der Waals surface area contributed by atoms with Crippen LogP contribution in [0.3, 0.4) is 0 Å². The second kappa shape index (κ2) is 3.62. The molecule has 0 unspecified atom stereocenters. The average molecular weight is 267 g/mol. The van der Waals surface area contributed by atoms with Gasteiger partial charge < -0.3 is 0 Å². The van der Waals surface area contributed by atoms with Crippen molar-refractivity contribution in [2.24, 2.45) is 0 Å².